The van der Waals surface area contributed by atoms with Gasteiger partial charge in [0.25, 0.3) is 0 Å². The first-order valence-corrected chi connectivity index (χ1v) is 11.3. The molecule has 0 saturated heterocycles. The van der Waals surface area contributed by atoms with E-state index >= 15 is 0 Å². The molecule has 0 amide bonds. The Bertz CT molecular complexity index is 1240. The fraction of sp³-hybridized carbons (Fsp3) is 0.353. The lowest BCUT2D eigenvalue weighted by Crippen LogP contribution is -2.26. The second-order valence-corrected chi connectivity index (χ2v) is 9.15. The number of pyridine rings is 2. The summed E-state index contributed by atoms with van der Waals surface area (Å²) in [5, 5.41) is -0.836. The monoisotopic (exact) mass is 528 g/mol. The van der Waals surface area contributed by atoms with Crippen LogP contribution in [0.2, 0.25) is 0 Å². The molecular weight excluding hydrogens is 515 g/mol. The molecule has 0 fully saturated rings. The quantitative estimate of drug-likeness (QED) is 0.352. The van der Waals surface area contributed by atoms with Crippen LogP contribution >= 0.6 is 15.9 Å². The maximum atomic E-state index is 13.5. The molecule has 0 unspecified atom stereocenters. The summed E-state index contributed by atoms with van der Waals surface area (Å²) < 4.78 is 97.0. The molecule has 3 heterocycles. The highest BCUT2D eigenvalue weighted by atomic mass is 79.9. The summed E-state index contributed by atoms with van der Waals surface area (Å²) in [5.41, 5.74) is -1.29. The average molecular weight is 529 g/mol. The number of halogens is 6. The Balaban J connectivity index is 2.22. The number of fused-ring (bicyclic) bond motifs is 1. The first-order valence-electron chi connectivity index (χ1n) is 8.54. The lowest BCUT2D eigenvalue weighted by Gasteiger charge is -2.16. The van der Waals surface area contributed by atoms with Gasteiger partial charge in [0.15, 0.2) is 15.7 Å². The van der Waals surface area contributed by atoms with Gasteiger partial charge in [-0.15, -0.1) is 0 Å². The molecule has 7 nitrogen and oxygen atoms in total. The molecule has 3 aromatic heterocycles. The van der Waals surface area contributed by atoms with Gasteiger partial charge in [0.05, 0.1) is 29.2 Å². The van der Waals surface area contributed by atoms with Crippen molar-refractivity contribution in [3.05, 3.63) is 30.2 Å². The third-order valence-corrected chi connectivity index (χ3v) is 6.63. The van der Waals surface area contributed by atoms with Crippen LogP contribution in [-0.4, -0.2) is 45.1 Å². The maximum Gasteiger partial charge on any atom is 0.433 e. The predicted molar refractivity (Wildman–Crippen MR) is 104 cm³/mol. The standard InChI is InChI=1S/C17H14BrF5N4O3S/c1-3-31(28,29)12-4-9(30-16(19,20)8-18)6-25-14(12)15-26-10-5-13(17(21,22)23)24-7-11(10)27(15)2/h4-7H,3,8H2,1-2H3. The molecule has 0 aliphatic carbocycles. The normalized spacial score (nSPS) is 13.0. The third-order valence-electron chi connectivity index (χ3n) is 4.23. The molecule has 0 N–H and O–H groups in total. The van der Waals surface area contributed by atoms with Crippen molar-refractivity contribution in [1.29, 1.82) is 0 Å². The fourth-order valence-corrected chi connectivity index (χ4v) is 3.86. The summed E-state index contributed by atoms with van der Waals surface area (Å²) in [7, 11) is -2.56. The van der Waals surface area contributed by atoms with Crippen LogP contribution in [0.4, 0.5) is 22.0 Å². The van der Waals surface area contributed by atoms with Gasteiger partial charge in [0, 0.05) is 13.1 Å². The highest BCUT2D eigenvalue weighted by Gasteiger charge is 2.34. The highest BCUT2D eigenvalue weighted by molar-refractivity contribution is 9.09. The number of nitrogens with zero attached hydrogens (tertiary/aromatic N) is 4. The Morgan fingerprint density at radius 2 is 1.81 bits per heavy atom. The minimum Gasteiger partial charge on any atom is -0.430 e. The number of hydrogen-bond donors (Lipinski definition) is 0. The number of sulfone groups is 1. The van der Waals surface area contributed by atoms with E-state index < -0.39 is 43.8 Å². The second kappa shape index (κ2) is 7.97. The van der Waals surface area contributed by atoms with Crippen LogP contribution in [0.1, 0.15) is 12.6 Å². The van der Waals surface area contributed by atoms with Crippen molar-refractivity contribution in [2.24, 2.45) is 7.05 Å². The smallest absolute Gasteiger partial charge is 0.430 e. The predicted octanol–water partition coefficient (Wildman–Crippen LogP) is 4.21. The molecule has 0 aliphatic rings. The van der Waals surface area contributed by atoms with E-state index in [4.69, 9.17) is 0 Å². The summed E-state index contributed by atoms with van der Waals surface area (Å²) in [6.07, 6.45) is -6.47. The van der Waals surface area contributed by atoms with Crippen LogP contribution in [0, 0.1) is 0 Å². The largest absolute Gasteiger partial charge is 0.433 e. The van der Waals surface area contributed by atoms with E-state index in [-0.39, 0.29) is 28.3 Å². The number of imidazole rings is 1. The van der Waals surface area contributed by atoms with Crippen molar-refractivity contribution in [3.63, 3.8) is 0 Å². The zero-order valence-corrected chi connectivity index (χ0v) is 18.3. The van der Waals surface area contributed by atoms with Crippen molar-refractivity contribution >= 4 is 36.8 Å². The van der Waals surface area contributed by atoms with Crippen molar-refractivity contribution in [1.82, 2.24) is 19.5 Å². The van der Waals surface area contributed by atoms with Crippen LogP contribution < -0.4 is 4.74 Å². The summed E-state index contributed by atoms with van der Waals surface area (Å²) in [6, 6.07) is 1.61. The van der Waals surface area contributed by atoms with Gasteiger partial charge in [-0.25, -0.2) is 23.4 Å². The van der Waals surface area contributed by atoms with Crippen molar-refractivity contribution in [2.45, 2.75) is 24.1 Å². The molecule has 0 radical (unpaired) electrons. The molecule has 14 heteroatoms. The Morgan fingerprint density at radius 1 is 1.13 bits per heavy atom. The van der Waals surface area contributed by atoms with Crippen LogP contribution in [0.5, 0.6) is 5.75 Å². The number of aromatic nitrogens is 4. The summed E-state index contributed by atoms with van der Waals surface area (Å²) in [4.78, 5) is 10.9. The van der Waals surface area contributed by atoms with Crippen molar-refractivity contribution in [3.8, 4) is 17.3 Å². The zero-order chi connectivity index (χ0) is 23.2. The first kappa shape index (κ1) is 23.3. The molecule has 3 rings (SSSR count). The number of rotatable bonds is 6. The first-order chi connectivity index (χ1) is 14.3. The van der Waals surface area contributed by atoms with Gasteiger partial charge < -0.3 is 9.30 Å². The number of aryl methyl sites for hydroxylation is 1. The van der Waals surface area contributed by atoms with E-state index in [0.29, 0.717) is 0 Å². The van der Waals surface area contributed by atoms with E-state index in [1.54, 1.807) is 0 Å². The molecule has 0 bridgehead atoms. The van der Waals surface area contributed by atoms with Crippen molar-refractivity contribution < 1.29 is 35.1 Å². The van der Waals surface area contributed by atoms with Crippen LogP contribution in [0.15, 0.2) is 29.4 Å². The van der Waals surface area contributed by atoms with Gasteiger partial charge in [-0.05, 0) is 6.07 Å². The molecule has 0 saturated carbocycles. The molecule has 0 aromatic carbocycles. The van der Waals surface area contributed by atoms with E-state index in [0.717, 1.165) is 24.5 Å². The lowest BCUT2D eigenvalue weighted by molar-refractivity contribution is -0.153. The van der Waals surface area contributed by atoms with Gasteiger partial charge in [-0.1, -0.05) is 22.9 Å². The minimum absolute atomic E-state index is 0.0815. The van der Waals surface area contributed by atoms with Gasteiger partial charge in [0.2, 0.25) is 0 Å². The Labute approximate surface area is 181 Å². The summed E-state index contributed by atoms with van der Waals surface area (Å²) >= 11 is 2.59. The van der Waals surface area contributed by atoms with Crippen LogP contribution in [0.25, 0.3) is 22.6 Å². The fourth-order valence-electron chi connectivity index (χ4n) is 2.70. The van der Waals surface area contributed by atoms with Gasteiger partial charge in [-0.2, -0.15) is 22.0 Å². The van der Waals surface area contributed by atoms with E-state index in [1.165, 1.54) is 18.5 Å². The molecule has 0 atom stereocenters. The van der Waals surface area contributed by atoms with Crippen molar-refractivity contribution in [2.75, 3.05) is 11.1 Å². The lowest BCUT2D eigenvalue weighted by atomic mass is 10.3. The summed E-state index contributed by atoms with van der Waals surface area (Å²) in [5.74, 6) is -0.967. The molecule has 168 valence electrons. The van der Waals surface area contributed by atoms with Gasteiger partial charge >= 0.3 is 12.3 Å². The number of ether oxygens (including phenoxy) is 1. The van der Waals surface area contributed by atoms with Gasteiger partial charge in [0.1, 0.15) is 27.4 Å². The maximum absolute atomic E-state index is 13.5. The van der Waals surface area contributed by atoms with Gasteiger partial charge in [-0.3, -0.25) is 0 Å². The highest BCUT2D eigenvalue weighted by Crippen LogP contribution is 2.34. The third kappa shape index (κ3) is 4.63. The Hall–Kier alpha value is -2.35. The molecular formula is C17H14BrF5N4O3S. The average Bonchev–Trinajstić information content (AvgIpc) is 3.03. The Morgan fingerprint density at radius 3 is 2.39 bits per heavy atom. The zero-order valence-electron chi connectivity index (χ0n) is 15.9. The summed E-state index contributed by atoms with van der Waals surface area (Å²) in [6.45, 7) is 1.34. The molecule has 3 aromatic rings. The van der Waals surface area contributed by atoms with Crippen LogP contribution in [0.3, 0.4) is 0 Å². The molecule has 31 heavy (non-hydrogen) atoms. The molecule has 0 spiro atoms. The number of alkyl halides is 6. The number of hydrogen-bond acceptors (Lipinski definition) is 6. The Kier molecular flexibility index (Phi) is 5.99. The van der Waals surface area contributed by atoms with E-state index in [1.807, 2.05) is 0 Å². The topological polar surface area (TPSA) is 87.0 Å². The van der Waals surface area contributed by atoms with E-state index in [2.05, 4.69) is 35.6 Å². The minimum atomic E-state index is -4.69. The van der Waals surface area contributed by atoms with Crippen LogP contribution in [-0.2, 0) is 23.1 Å². The molecule has 0 aliphatic heterocycles. The SMILES string of the molecule is CCS(=O)(=O)c1cc(OC(F)(F)CBr)cnc1-c1nc2cc(C(F)(F)F)ncc2n1C. The van der Waals surface area contributed by atoms with E-state index in [9.17, 15) is 30.4 Å². The second-order valence-electron chi connectivity index (χ2n) is 6.34.